The average Bonchev–Trinajstić information content (AvgIpc) is 2.90. The number of rotatable bonds is 2. The fourth-order valence-corrected chi connectivity index (χ4v) is 3.14. The minimum absolute atomic E-state index is 0.329. The van der Waals surface area contributed by atoms with Gasteiger partial charge in [0.15, 0.2) is 5.82 Å². The standard InChI is InChI=1S/C11H8Cl2N4S/c12-6-1-2-7(8(13)3-6)9-5-18-11-16-15-10(4-14)17(9)11/h1-3,5H,4,14H2. The molecule has 0 spiro atoms. The molecule has 0 fully saturated rings. The maximum Gasteiger partial charge on any atom is 0.216 e. The first-order valence-corrected chi connectivity index (χ1v) is 6.81. The topological polar surface area (TPSA) is 56.2 Å². The molecular weight excluding hydrogens is 291 g/mol. The van der Waals surface area contributed by atoms with Crippen LogP contribution in [0.15, 0.2) is 23.6 Å². The molecule has 3 aromatic rings. The highest BCUT2D eigenvalue weighted by Crippen LogP contribution is 2.33. The van der Waals surface area contributed by atoms with E-state index < -0.39 is 0 Å². The van der Waals surface area contributed by atoms with Gasteiger partial charge in [-0.3, -0.25) is 4.40 Å². The molecular formula is C11H8Cl2N4S. The minimum Gasteiger partial charge on any atom is -0.324 e. The van der Waals surface area contributed by atoms with Gasteiger partial charge in [0.05, 0.1) is 17.3 Å². The summed E-state index contributed by atoms with van der Waals surface area (Å²) < 4.78 is 1.92. The summed E-state index contributed by atoms with van der Waals surface area (Å²) in [5, 5.41) is 11.3. The molecule has 2 heterocycles. The lowest BCUT2D eigenvalue weighted by Crippen LogP contribution is -2.03. The van der Waals surface area contributed by atoms with Crippen molar-refractivity contribution in [2.75, 3.05) is 0 Å². The number of hydrogen-bond acceptors (Lipinski definition) is 4. The molecule has 0 bridgehead atoms. The Hall–Kier alpha value is -1.14. The highest BCUT2D eigenvalue weighted by Gasteiger charge is 2.14. The van der Waals surface area contributed by atoms with Gasteiger partial charge in [-0.05, 0) is 18.2 Å². The molecule has 92 valence electrons. The van der Waals surface area contributed by atoms with Gasteiger partial charge in [-0.25, -0.2) is 0 Å². The van der Waals surface area contributed by atoms with Crippen LogP contribution in [0.3, 0.4) is 0 Å². The second-order valence-corrected chi connectivity index (χ2v) is 5.36. The van der Waals surface area contributed by atoms with E-state index in [1.54, 1.807) is 12.1 Å². The van der Waals surface area contributed by atoms with Gasteiger partial charge in [0.2, 0.25) is 4.96 Å². The van der Waals surface area contributed by atoms with Crippen molar-refractivity contribution >= 4 is 39.5 Å². The molecule has 7 heteroatoms. The summed E-state index contributed by atoms with van der Waals surface area (Å²) in [7, 11) is 0. The third-order valence-corrected chi connectivity index (χ3v) is 3.97. The van der Waals surface area contributed by atoms with Crippen LogP contribution in [0.4, 0.5) is 0 Å². The van der Waals surface area contributed by atoms with Crippen LogP contribution in [0, 0.1) is 0 Å². The molecule has 3 rings (SSSR count). The maximum absolute atomic E-state index is 6.22. The van der Waals surface area contributed by atoms with Crippen LogP contribution in [0.1, 0.15) is 5.82 Å². The molecule has 18 heavy (non-hydrogen) atoms. The van der Waals surface area contributed by atoms with Crippen LogP contribution < -0.4 is 5.73 Å². The van der Waals surface area contributed by atoms with Gasteiger partial charge in [-0.2, -0.15) is 0 Å². The van der Waals surface area contributed by atoms with E-state index in [4.69, 9.17) is 28.9 Å². The Bertz CT molecular complexity index is 719. The Labute approximate surface area is 117 Å². The lowest BCUT2D eigenvalue weighted by atomic mass is 10.2. The molecule has 1 aromatic carbocycles. The third kappa shape index (κ3) is 1.80. The first-order chi connectivity index (χ1) is 8.70. The Kier molecular flexibility index (Phi) is 2.99. The Morgan fingerprint density at radius 1 is 1.28 bits per heavy atom. The number of aromatic nitrogens is 3. The van der Waals surface area contributed by atoms with Crippen molar-refractivity contribution in [3.63, 3.8) is 0 Å². The fourth-order valence-electron chi connectivity index (χ4n) is 1.79. The van der Waals surface area contributed by atoms with Crippen LogP contribution in [-0.2, 0) is 6.54 Å². The Morgan fingerprint density at radius 3 is 2.83 bits per heavy atom. The average molecular weight is 299 g/mol. The Morgan fingerprint density at radius 2 is 2.11 bits per heavy atom. The zero-order valence-corrected chi connectivity index (χ0v) is 11.4. The van der Waals surface area contributed by atoms with E-state index >= 15 is 0 Å². The summed E-state index contributed by atoms with van der Waals surface area (Å²) in [5.74, 6) is 0.715. The van der Waals surface area contributed by atoms with Crippen LogP contribution in [-0.4, -0.2) is 14.6 Å². The molecule has 2 aromatic heterocycles. The van der Waals surface area contributed by atoms with Gasteiger partial charge < -0.3 is 5.73 Å². The third-order valence-electron chi connectivity index (χ3n) is 2.61. The minimum atomic E-state index is 0.329. The number of halogens is 2. The van der Waals surface area contributed by atoms with Crippen LogP contribution in [0.25, 0.3) is 16.2 Å². The maximum atomic E-state index is 6.22. The van der Waals surface area contributed by atoms with Gasteiger partial charge in [0, 0.05) is 16.0 Å². The molecule has 0 atom stereocenters. The van der Waals surface area contributed by atoms with Crippen molar-refractivity contribution in [1.82, 2.24) is 14.6 Å². The van der Waals surface area contributed by atoms with Crippen LogP contribution >= 0.6 is 34.5 Å². The van der Waals surface area contributed by atoms with E-state index in [9.17, 15) is 0 Å². The van der Waals surface area contributed by atoms with Gasteiger partial charge in [0.25, 0.3) is 0 Å². The molecule has 0 saturated heterocycles. The summed E-state index contributed by atoms with van der Waals surface area (Å²) >= 11 is 13.6. The van der Waals surface area contributed by atoms with Crippen molar-refractivity contribution in [3.8, 4) is 11.3 Å². The quantitative estimate of drug-likeness (QED) is 0.790. The van der Waals surface area contributed by atoms with E-state index in [-0.39, 0.29) is 0 Å². The van der Waals surface area contributed by atoms with Gasteiger partial charge >= 0.3 is 0 Å². The van der Waals surface area contributed by atoms with E-state index in [0.29, 0.717) is 22.4 Å². The van der Waals surface area contributed by atoms with E-state index in [0.717, 1.165) is 16.2 Å². The monoisotopic (exact) mass is 298 g/mol. The Balaban J connectivity index is 2.27. The van der Waals surface area contributed by atoms with Crippen LogP contribution in [0.2, 0.25) is 10.0 Å². The van der Waals surface area contributed by atoms with Gasteiger partial charge in [0.1, 0.15) is 0 Å². The first kappa shape index (κ1) is 11.9. The molecule has 0 saturated carbocycles. The van der Waals surface area contributed by atoms with Crippen molar-refractivity contribution < 1.29 is 0 Å². The summed E-state index contributed by atoms with van der Waals surface area (Å²) in [6.07, 6.45) is 0. The molecule has 4 nitrogen and oxygen atoms in total. The zero-order valence-electron chi connectivity index (χ0n) is 9.10. The normalized spacial score (nSPS) is 11.3. The van der Waals surface area contributed by atoms with E-state index in [1.165, 1.54) is 11.3 Å². The number of thiazole rings is 1. The lowest BCUT2D eigenvalue weighted by molar-refractivity contribution is 0.887. The smallest absolute Gasteiger partial charge is 0.216 e. The van der Waals surface area contributed by atoms with Crippen molar-refractivity contribution in [3.05, 3.63) is 39.4 Å². The molecule has 0 radical (unpaired) electrons. The number of benzene rings is 1. The predicted molar refractivity (Wildman–Crippen MR) is 74.2 cm³/mol. The summed E-state index contributed by atoms with van der Waals surface area (Å²) in [4.78, 5) is 0.802. The number of nitrogens with two attached hydrogens (primary N) is 1. The van der Waals surface area contributed by atoms with Gasteiger partial charge in [-0.1, -0.05) is 23.2 Å². The largest absolute Gasteiger partial charge is 0.324 e. The summed E-state index contributed by atoms with van der Waals surface area (Å²) in [6, 6.07) is 5.40. The molecule has 2 N–H and O–H groups in total. The van der Waals surface area contributed by atoms with Crippen molar-refractivity contribution in [2.45, 2.75) is 6.54 Å². The van der Waals surface area contributed by atoms with Crippen LogP contribution in [0.5, 0.6) is 0 Å². The van der Waals surface area contributed by atoms with E-state index in [2.05, 4.69) is 10.2 Å². The molecule has 0 aliphatic carbocycles. The molecule has 0 amide bonds. The summed E-state index contributed by atoms with van der Waals surface area (Å²) in [5.41, 5.74) is 7.48. The zero-order chi connectivity index (χ0) is 12.7. The highest BCUT2D eigenvalue weighted by atomic mass is 35.5. The lowest BCUT2D eigenvalue weighted by Gasteiger charge is -2.04. The van der Waals surface area contributed by atoms with Crippen molar-refractivity contribution in [1.29, 1.82) is 0 Å². The van der Waals surface area contributed by atoms with Gasteiger partial charge in [-0.15, -0.1) is 21.5 Å². The summed E-state index contributed by atoms with van der Waals surface area (Å²) in [6.45, 7) is 0.329. The number of nitrogens with zero attached hydrogens (tertiary/aromatic N) is 3. The molecule has 0 aliphatic rings. The second kappa shape index (κ2) is 4.51. The number of hydrogen-bond donors (Lipinski definition) is 1. The predicted octanol–water partition coefficient (Wildman–Crippen LogP) is 3.22. The fraction of sp³-hybridized carbons (Fsp3) is 0.0909. The molecule has 0 unspecified atom stereocenters. The van der Waals surface area contributed by atoms with Crippen molar-refractivity contribution in [2.24, 2.45) is 5.73 Å². The first-order valence-electron chi connectivity index (χ1n) is 5.17. The SMILES string of the molecule is NCc1nnc2scc(-c3ccc(Cl)cc3Cl)n12. The molecule has 0 aliphatic heterocycles. The number of fused-ring (bicyclic) bond motifs is 1. The highest BCUT2D eigenvalue weighted by molar-refractivity contribution is 7.15. The second-order valence-electron chi connectivity index (χ2n) is 3.68. The van der Waals surface area contributed by atoms with E-state index in [1.807, 2.05) is 15.8 Å².